The molecule has 0 aliphatic rings. The number of hydrogen-bond donors (Lipinski definition) is 1. The average Bonchev–Trinajstić information content (AvgIpc) is 1.60. The van der Waals surface area contributed by atoms with Crippen LogP contribution in [0.15, 0.2) is 0 Å². The van der Waals surface area contributed by atoms with E-state index < -0.39 is 8.24 Å². The van der Waals surface area contributed by atoms with Gasteiger partial charge in [0.15, 0.2) is 8.24 Å². The predicted molar refractivity (Wildman–Crippen MR) is 50.1 cm³/mol. The summed E-state index contributed by atoms with van der Waals surface area (Å²) in [4.78, 5) is 10.8. The summed E-state index contributed by atoms with van der Waals surface area (Å²) in [5.41, 5.74) is 0. The fourth-order valence-corrected chi connectivity index (χ4v) is 3.46. The molecule has 0 saturated heterocycles. The van der Waals surface area contributed by atoms with Gasteiger partial charge in [0.05, 0.1) is 0 Å². The molecule has 0 aromatic rings. The van der Waals surface area contributed by atoms with Gasteiger partial charge in [-0.25, -0.2) is 0 Å². The molecule has 2 nitrogen and oxygen atoms in total. The van der Waals surface area contributed by atoms with Crippen molar-refractivity contribution < 1.29 is 4.79 Å². The van der Waals surface area contributed by atoms with Crippen molar-refractivity contribution in [1.82, 2.24) is 4.57 Å². The maximum Gasteiger partial charge on any atom is 0.270 e. The SMILES string of the molecule is CCN(C(=O)S)[Si](C)(C)C. The molecule has 0 saturated carbocycles. The normalized spacial score (nSPS) is 11.3. The van der Waals surface area contributed by atoms with Crippen molar-refractivity contribution in [3.05, 3.63) is 0 Å². The summed E-state index contributed by atoms with van der Waals surface area (Å²) in [6, 6.07) is 0. The molecule has 0 aromatic heterocycles. The first-order chi connectivity index (χ1) is 4.39. The molecule has 0 bridgehead atoms. The monoisotopic (exact) mass is 177 g/mol. The van der Waals surface area contributed by atoms with Crippen LogP contribution in [0.4, 0.5) is 4.79 Å². The van der Waals surface area contributed by atoms with Crippen LogP contribution < -0.4 is 0 Å². The van der Waals surface area contributed by atoms with Gasteiger partial charge >= 0.3 is 0 Å². The molecule has 10 heavy (non-hydrogen) atoms. The summed E-state index contributed by atoms with van der Waals surface area (Å²) in [7, 11) is -1.44. The number of nitrogens with zero attached hydrogens (tertiary/aromatic N) is 1. The highest BCUT2D eigenvalue weighted by atomic mass is 32.1. The van der Waals surface area contributed by atoms with Crippen LogP contribution in [0.25, 0.3) is 0 Å². The smallest absolute Gasteiger partial charge is 0.270 e. The van der Waals surface area contributed by atoms with Crippen molar-refractivity contribution in [2.75, 3.05) is 6.54 Å². The molecule has 0 fully saturated rings. The zero-order chi connectivity index (χ0) is 8.36. The Bertz CT molecular complexity index is 132. The third kappa shape index (κ3) is 2.75. The van der Waals surface area contributed by atoms with E-state index in [0.29, 0.717) is 0 Å². The predicted octanol–water partition coefficient (Wildman–Crippen LogP) is 2.19. The van der Waals surface area contributed by atoms with Gasteiger partial charge in [-0.2, -0.15) is 0 Å². The molecule has 60 valence electrons. The van der Waals surface area contributed by atoms with Crippen LogP contribution in [0, 0.1) is 0 Å². The van der Waals surface area contributed by atoms with Gasteiger partial charge in [0.2, 0.25) is 0 Å². The molecular weight excluding hydrogens is 162 g/mol. The third-order valence-corrected chi connectivity index (χ3v) is 3.93. The number of carbonyl (C=O) groups excluding carboxylic acids is 1. The van der Waals surface area contributed by atoms with Crippen molar-refractivity contribution >= 4 is 26.1 Å². The molecule has 0 spiro atoms. The van der Waals surface area contributed by atoms with Gasteiger partial charge in [0.1, 0.15) is 0 Å². The molecule has 0 rings (SSSR count). The number of rotatable bonds is 2. The second kappa shape index (κ2) is 3.43. The van der Waals surface area contributed by atoms with E-state index in [1.54, 1.807) is 0 Å². The largest absolute Gasteiger partial charge is 0.362 e. The standard InChI is InChI=1S/C6H15NOSSi/c1-5-7(6(8)9)10(2,3)4/h5H2,1-4H3,(H,8,9). The Morgan fingerprint density at radius 1 is 1.50 bits per heavy atom. The molecule has 0 aromatic carbocycles. The zero-order valence-electron chi connectivity index (χ0n) is 7.01. The molecule has 0 unspecified atom stereocenters. The van der Waals surface area contributed by atoms with E-state index in [-0.39, 0.29) is 5.24 Å². The minimum absolute atomic E-state index is 0.0957. The van der Waals surface area contributed by atoms with Crippen LogP contribution in [-0.4, -0.2) is 24.6 Å². The maximum absolute atomic E-state index is 10.8. The second-order valence-corrected chi connectivity index (χ2v) is 8.46. The summed E-state index contributed by atoms with van der Waals surface area (Å²) >= 11 is 3.79. The third-order valence-electron chi connectivity index (χ3n) is 1.36. The first-order valence-corrected chi connectivity index (χ1v) is 7.29. The Kier molecular flexibility index (Phi) is 3.45. The molecule has 0 N–H and O–H groups in total. The fraction of sp³-hybridized carbons (Fsp3) is 0.833. The highest BCUT2D eigenvalue weighted by molar-refractivity contribution is 7.96. The van der Waals surface area contributed by atoms with Crippen LogP contribution in [-0.2, 0) is 0 Å². The highest BCUT2D eigenvalue weighted by Gasteiger charge is 2.24. The van der Waals surface area contributed by atoms with E-state index in [0.717, 1.165) is 6.54 Å². The Morgan fingerprint density at radius 3 is 1.90 bits per heavy atom. The summed E-state index contributed by atoms with van der Waals surface area (Å²) in [5, 5.41) is -0.0957. The number of carbonyl (C=O) groups is 1. The van der Waals surface area contributed by atoms with Crippen LogP contribution in [0.1, 0.15) is 6.92 Å². The molecule has 0 heterocycles. The summed E-state index contributed by atoms with van der Waals surface area (Å²) < 4.78 is 1.84. The fourth-order valence-electron chi connectivity index (χ4n) is 0.897. The van der Waals surface area contributed by atoms with Gasteiger partial charge in [0, 0.05) is 6.54 Å². The quantitative estimate of drug-likeness (QED) is 0.506. The van der Waals surface area contributed by atoms with Gasteiger partial charge < -0.3 is 4.57 Å². The first kappa shape index (κ1) is 10.0. The lowest BCUT2D eigenvalue weighted by Gasteiger charge is -2.31. The van der Waals surface area contributed by atoms with Crippen LogP contribution in [0.5, 0.6) is 0 Å². The number of thiol groups is 1. The van der Waals surface area contributed by atoms with Crippen molar-refractivity contribution in [2.45, 2.75) is 26.6 Å². The van der Waals surface area contributed by atoms with Crippen molar-refractivity contribution in [2.24, 2.45) is 0 Å². The Morgan fingerprint density at radius 2 is 1.90 bits per heavy atom. The molecule has 0 atom stereocenters. The van der Waals surface area contributed by atoms with Gasteiger partial charge in [0.25, 0.3) is 5.24 Å². The van der Waals surface area contributed by atoms with E-state index in [1.807, 2.05) is 11.5 Å². The lowest BCUT2D eigenvalue weighted by molar-refractivity contribution is 0.246. The maximum atomic E-state index is 10.8. The van der Waals surface area contributed by atoms with Crippen LogP contribution in [0.2, 0.25) is 19.6 Å². The number of amides is 1. The molecule has 0 aliphatic heterocycles. The number of hydrogen-bond acceptors (Lipinski definition) is 1. The van der Waals surface area contributed by atoms with Gasteiger partial charge in [-0.15, -0.1) is 0 Å². The average molecular weight is 177 g/mol. The van der Waals surface area contributed by atoms with E-state index in [4.69, 9.17) is 0 Å². The molecular formula is C6H15NOSSi. The van der Waals surface area contributed by atoms with E-state index in [1.165, 1.54) is 0 Å². The summed E-state index contributed by atoms with van der Waals surface area (Å²) in [6.45, 7) is 9.14. The van der Waals surface area contributed by atoms with Crippen molar-refractivity contribution in [3.8, 4) is 0 Å². The Labute approximate surface area is 69.1 Å². The Balaban J connectivity index is 4.22. The van der Waals surface area contributed by atoms with E-state index in [2.05, 4.69) is 32.3 Å². The zero-order valence-corrected chi connectivity index (χ0v) is 8.90. The van der Waals surface area contributed by atoms with Crippen molar-refractivity contribution in [1.29, 1.82) is 0 Å². The van der Waals surface area contributed by atoms with Gasteiger partial charge in [-0.05, 0) is 6.92 Å². The minimum atomic E-state index is -1.44. The minimum Gasteiger partial charge on any atom is -0.362 e. The first-order valence-electron chi connectivity index (χ1n) is 3.40. The van der Waals surface area contributed by atoms with Crippen molar-refractivity contribution in [3.63, 3.8) is 0 Å². The highest BCUT2D eigenvalue weighted by Crippen LogP contribution is 2.10. The summed E-state index contributed by atoms with van der Waals surface area (Å²) in [6.07, 6.45) is 0. The van der Waals surface area contributed by atoms with Crippen LogP contribution >= 0.6 is 12.6 Å². The lowest BCUT2D eigenvalue weighted by atomic mass is 10.8. The van der Waals surface area contributed by atoms with Crippen LogP contribution in [0.3, 0.4) is 0 Å². The Hall–Kier alpha value is 0.0369. The van der Waals surface area contributed by atoms with Gasteiger partial charge in [-0.1, -0.05) is 32.3 Å². The molecule has 0 radical (unpaired) electrons. The van der Waals surface area contributed by atoms with Gasteiger partial charge in [-0.3, -0.25) is 4.79 Å². The lowest BCUT2D eigenvalue weighted by Crippen LogP contribution is -2.47. The topological polar surface area (TPSA) is 20.3 Å². The molecule has 1 amide bonds. The summed E-state index contributed by atoms with van der Waals surface area (Å²) in [5.74, 6) is 0. The van der Waals surface area contributed by atoms with E-state index >= 15 is 0 Å². The second-order valence-electron chi connectivity index (χ2n) is 3.20. The molecule has 0 aliphatic carbocycles. The van der Waals surface area contributed by atoms with E-state index in [9.17, 15) is 4.79 Å². The molecule has 4 heteroatoms.